The number of carbonyl (C=O) groups excluding carboxylic acids is 3. The van der Waals surface area contributed by atoms with Crippen LogP contribution in [-0.2, 0) is 28.6 Å². The molecule has 6 nitrogen and oxygen atoms in total. The summed E-state index contributed by atoms with van der Waals surface area (Å²) in [6.45, 7) is 6.62. The average molecular weight is 1150 g/mol. The zero-order valence-corrected chi connectivity index (χ0v) is 55.0. The molecule has 6 heteroatoms. The largest absolute Gasteiger partial charge is 0.462 e. The first kappa shape index (κ1) is 79.1. The molecule has 0 spiro atoms. The average Bonchev–Trinajstić information content (AvgIpc) is 3.47. The summed E-state index contributed by atoms with van der Waals surface area (Å²) in [4.78, 5) is 38.4. The highest BCUT2D eigenvalue weighted by atomic mass is 16.6. The van der Waals surface area contributed by atoms with Gasteiger partial charge in [-0.2, -0.15) is 0 Å². The van der Waals surface area contributed by atoms with Gasteiger partial charge in [0.25, 0.3) is 0 Å². The van der Waals surface area contributed by atoms with E-state index in [-0.39, 0.29) is 31.1 Å². The van der Waals surface area contributed by atoms with Crippen LogP contribution in [0.25, 0.3) is 0 Å². The van der Waals surface area contributed by atoms with Crippen molar-refractivity contribution >= 4 is 17.9 Å². The molecular formula is C76H138O6. The summed E-state index contributed by atoms with van der Waals surface area (Å²) in [6, 6.07) is 0. The normalized spacial score (nSPS) is 12.4. The molecule has 478 valence electrons. The number of rotatable bonds is 67. The van der Waals surface area contributed by atoms with Crippen LogP contribution in [0.15, 0.2) is 60.8 Å². The van der Waals surface area contributed by atoms with Gasteiger partial charge in [-0.1, -0.05) is 326 Å². The van der Waals surface area contributed by atoms with E-state index in [0.29, 0.717) is 19.3 Å². The highest BCUT2D eigenvalue weighted by molar-refractivity contribution is 5.71. The minimum absolute atomic E-state index is 0.0771. The van der Waals surface area contributed by atoms with E-state index in [1.807, 2.05) is 0 Å². The third-order valence-corrected chi connectivity index (χ3v) is 16.2. The summed E-state index contributed by atoms with van der Waals surface area (Å²) in [5.74, 6) is -0.873. The van der Waals surface area contributed by atoms with Gasteiger partial charge in [-0.3, -0.25) is 14.4 Å². The number of esters is 3. The molecule has 0 radical (unpaired) electrons. The molecule has 0 saturated heterocycles. The quantitative estimate of drug-likeness (QED) is 0.0261. The Morgan fingerprint density at radius 2 is 0.451 bits per heavy atom. The summed E-state index contributed by atoms with van der Waals surface area (Å²) < 4.78 is 17.0. The van der Waals surface area contributed by atoms with E-state index in [1.54, 1.807) is 0 Å². The highest BCUT2D eigenvalue weighted by Gasteiger charge is 2.19. The molecule has 0 fully saturated rings. The van der Waals surface area contributed by atoms with Crippen molar-refractivity contribution in [2.24, 2.45) is 0 Å². The lowest BCUT2D eigenvalue weighted by Gasteiger charge is -2.18. The number of allylic oxidation sites excluding steroid dienone is 10. The number of carbonyl (C=O) groups is 3. The van der Waals surface area contributed by atoms with Crippen LogP contribution in [0.3, 0.4) is 0 Å². The molecule has 0 aromatic carbocycles. The first-order chi connectivity index (χ1) is 40.5. The van der Waals surface area contributed by atoms with Crippen molar-refractivity contribution in [3.05, 3.63) is 60.8 Å². The number of hydrogen-bond acceptors (Lipinski definition) is 6. The second kappa shape index (κ2) is 70.6. The van der Waals surface area contributed by atoms with Crippen LogP contribution in [0.2, 0.25) is 0 Å². The van der Waals surface area contributed by atoms with Crippen molar-refractivity contribution in [2.75, 3.05) is 13.2 Å². The third-order valence-electron chi connectivity index (χ3n) is 16.2. The third kappa shape index (κ3) is 67.9. The molecule has 1 atom stereocenters. The first-order valence-electron chi connectivity index (χ1n) is 36.3. The zero-order chi connectivity index (χ0) is 59.2. The highest BCUT2D eigenvalue weighted by Crippen LogP contribution is 2.18. The van der Waals surface area contributed by atoms with Crippen LogP contribution >= 0.6 is 0 Å². The van der Waals surface area contributed by atoms with E-state index in [1.165, 1.54) is 263 Å². The molecular weight excluding hydrogens is 1010 g/mol. The molecule has 0 aliphatic carbocycles. The fourth-order valence-electron chi connectivity index (χ4n) is 10.7. The molecule has 0 heterocycles. The van der Waals surface area contributed by atoms with Gasteiger partial charge in [0.2, 0.25) is 0 Å². The first-order valence-corrected chi connectivity index (χ1v) is 36.3. The van der Waals surface area contributed by atoms with Crippen molar-refractivity contribution in [1.82, 2.24) is 0 Å². The molecule has 0 aliphatic rings. The van der Waals surface area contributed by atoms with E-state index in [2.05, 4.69) is 81.5 Å². The zero-order valence-electron chi connectivity index (χ0n) is 55.0. The molecule has 0 aliphatic heterocycles. The molecule has 82 heavy (non-hydrogen) atoms. The number of unbranched alkanes of at least 4 members (excludes halogenated alkanes) is 46. The maximum absolute atomic E-state index is 12.9. The van der Waals surface area contributed by atoms with E-state index in [0.717, 1.165) is 83.5 Å². The Labute approximate surface area is 510 Å². The van der Waals surface area contributed by atoms with Crippen LogP contribution in [-0.4, -0.2) is 37.2 Å². The summed E-state index contributed by atoms with van der Waals surface area (Å²) in [5.41, 5.74) is 0. The van der Waals surface area contributed by atoms with E-state index in [9.17, 15) is 14.4 Å². The predicted octanol–water partition coefficient (Wildman–Crippen LogP) is 25.1. The number of hydrogen-bond donors (Lipinski definition) is 0. The van der Waals surface area contributed by atoms with Crippen molar-refractivity contribution in [1.29, 1.82) is 0 Å². The molecule has 0 aromatic rings. The van der Waals surface area contributed by atoms with Crippen LogP contribution in [0, 0.1) is 0 Å². The van der Waals surface area contributed by atoms with Crippen molar-refractivity contribution in [3.63, 3.8) is 0 Å². The Kier molecular flexibility index (Phi) is 68.1. The van der Waals surface area contributed by atoms with E-state index < -0.39 is 6.10 Å². The summed E-state index contributed by atoms with van der Waals surface area (Å²) in [7, 11) is 0. The lowest BCUT2D eigenvalue weighted by atomic mass is 10.0. The minimum Gasteiger partial charge on any atom is -0.462 e. The van der Waals surface area contributed by atoms with E-state index in [4.69, 9.17) is 14.2 Å². The second-order valence-electron chi connectivity index (χ2n) is 24.5. The molecule has 0 N–H and O–H groups in total. The van der Waals surface area contributed by atoms with Crippen LogP contribution < -0.4 is 0 Å². The van der Waals surface area contributed by atoms with Gasteiger partial charge in [-0.25, -0.2) is 0 Å². The van der Waals surface area contributed by atoms with Gasteiger partial charge in [-0.05, 0) is 103 Å². The van der Waals surface area contributed by atoms with Gasteiger partial charge in [0, 0.05) is 19.3 Å². The van der Waals surface area contributed by atoms with Crippen LogP contribution in [0.1, 0.15) is 387 Å². The topological polar surface area (TPSA) is 78.9 Å². The van der Waals surface area contributed by atoms with Crippen molar-refractivity contribution in [3.8, 4) is 0 Å². The molecule has 0 bridgehead atoms. The monoisotopic (exact) mass is 1150 g/mol. The van der Waals surface area contributed by atoms with Gasteiger partial charge >= 0.3 is 17.9 Å². The molecule has 0 aromatic heterocycles. The fraction of sp³-hybridized carbons (Fsp3) is 0.829. The molecule has 0 saturated carbocycles. The predicted molar refractivity (Wildman–Crippen MR) is 358 cm³/mol. The maximum Gasteiger partial charge on any atom is 0.306 e. The lowest BCUT2D eigenvalue weighted by molar-refractivity contribution is -0.167. The Hall–Kier alpha value is -2.89. The van der Waals surface area contributed by atoms with Crippen LogP contribution in [0.4, 0.5) is 0 Å². The van der Waals surface area contributed by atoms with Gasteiger partial charge in [0.05, 0.1) is 0 Å². The second-order valence-corrected chi connectivity index (χ2v) is 24.5. The Bertz CT molecular complexity index is 1460. The fourth-order valence-corrected chi connectivity index (χ4v) is 10.7. The molecule has 0 rings (SSSR count). The Balaban J connectivity index is 4.19. The molecule has 0 amide bonds. The Morgan fingerprint density at radius 3 is 0.744 bits per heavy atom. The van der Waals surface area contributed by atoms with Gasteiger partial charge in [-0.15, -0.1) is 0 Å². The van der Waals surface area contributed by atoms with Gasteiger partial charge in [0.1, 0.15) is 13.2 Å². The Morgan fingerprint density at radius 1 is 0.244 bits per heavy atom. The smallest absolute Gasteiger partial charge is 0.306 e. The van der Waals surface area contributed by atoms with Crippen molar-refractivity contribution in [2.45, 2.75) is 393 Å². The van der Waals surface area contributed by atoms with Gasteiger partial charge < -0.3 is 14.2 Å². The summed E-state index contributed by atoms with van der Waals surface area (Å²) in [6.07, 6.45) is 91.2. The summed E-state index contributed by atoms with van der Waals surface area (Å²) >= 11 is 0. The lowest BCUT2D eigenvalue weighted by Crippen LogP contribution is -2.30. The standard InChI is InChI=1S/C76H138O6/c1-4-7-10-13-16-19-22-25-28-30-32-33-34-35-36-37-38-39-40-41-42-43-45-46-48-51-54-57-60-63-66-69-75(78)81-72-73(71-80-74(77)68-65-62-59-56-53-50-27-24-21-18-15-12-9-6-3)82-76(79)70-67-64-61-58-55-52-49-47-44-31-29-26-23-20-17-14-11-8-5-2/h15,17-18,20,24,26-27,29-30,32,73H,4-14,16,19,21-23,25,28,31,33-72H2,1-3H3/b18-15-,20-17-,27-24-,29-26-,32-30-. The maximum atomic E-state index is 12.9. The molecule has 1 unspecified atom stereocenters. The van der Waals surface area contributed by atoms with Crippen LogP contribution in [0.5, 0.6) is 0 Å². The number of ether oxygens (including phenoxy) is 3. The summed E-state index contributed by atoms with van der Waals surface area (Å²) in [5, 5.41) is 0. The van der Waals surface area contributed by atoms with E-state index >= 15 is 0 Å². The van der Waals surface area contributed by atoms with Crippen molar-refractivity contribution < 1.29 is 28.6 Å². The SMILES string of the molecule is CCCC/C=C\C/C=C\CCCCCCCC(=O)OCC(COC(=O)CCCCCCCCCCCCCCCCCCCCC/C=C\CCCCCCCCCC)OC(=O)CCCCCCCCCCC/C=C\C/C=C\CCCCC. The van der Waals surface area contributed by atoms with Gasteiger partial charge in [0.15, 0.2) is 6.10 Å². The minimum atomic E-state index is -0.783.